The molecular weight excluding hydrogens is 346 g/mol. The van der Waals surface area contributed by atoms with Gasteiger partial charge in [0.2, 0.25) is 5.91 Å². The Morgan fingerprint density at radius 3 is 2.00 bits per heavy atom. The summed E-state index contributed by atoms with van der Waals surface area (Å²) in [6, 6.07) is 15.5. The SMILES string of the molecule is Cc1ccc(OCCOc2ccc(CCNC(=O)CCC(=O)O)cc2)cc1. The van der Waals surface area contributed by atoms with Gasteiger partial charge in [0.05, 0.1) is 6.42 Å². The first kappa shape index (κ1) is 20.3. The number of rotatable bonds is 11. The first-order chi connectivity index (χ1) is 13.0. The molecule has 0 saturated heterocycles. The number of nitrogens with one attached hydrogen (secondary N) is 1. The first-order valence-electron chi connectivity index (χ1n) is 8.92. The third kappa shape index (κ3) is 8.27. The summed E-state index contributed by atoms with van der Waals surface area (Å²) in [7, 11) is 0. The molecule has 6 heteroatoms. The van der Waals surface area contributed by atoms with Gasteiger partial charge in [0.15, 0.2) is 0 Å². The van der Waals surface area contributed by atoms with Gasteiger partial charge >= 0.3 is 5.97 Å². The number of ether oxygens (including phenoxy) is 2. The maximum Gasteiger partial charge on any atom is 0.303 e. The van der Waals surface area contributed by atoms with Gasteiger partial charge in [-0.2, -0.15) is 0 Å². The zero-order valence-electron chi connectivity index (χ0n) is 15.4. The van der Waals surface area contributed by atoms with Crippen LogP contribution in [0.2, 0.25) is 0 Å². The monoisotopic (exact) mass is 371 g/mol. The van der Waals surface area contributed by atoms with Crippen molar-refractivity contribution in [1.82, 2.24) is 5.32 Å². The van der Waals surface area contributed by atoms with Gasteiger partial charge in [0.25, 0.3) is 0 Å². The van der Waals surface area contributed by atoms with E-state index in [1.54, 1.807) is 0 Å². The molecule has 0 bridgehead atoms. The van der Waals surface area contributed by atoms with Crippen molar-refractivity contribution in [3.05, 3.63) is 59.7 Å². The molecule has 0 aliphatic rings. The van der Waals surface area contributed by atoms with E-state index in [1.807, 2.05) is 55.5 Å². The Morgan fingerprint density at radius 2 is 1.44 bits per heavy atom. The Hall–Kier alpha value is -3.02. The molecule has 0 spiro atoms. The third-order valence-corrected chi connectivity index (χ3v) is 3.87. The lowest BCUT2D eigenvalue weighted by Crippen LogP contribution is -2.25. The van der Waals surface area contributed by atoms with E-state index in [1.165, 1.54) is 5.56 Å². The molecule has 27 heavy (non-hydrogen) atoms. The number of hydrogen-bond donors (Lipinski definition) is 2. The van der Waals surface area contributed by atoms with Gasteiger partial charge in [-0.1, -0.05) is 29.8 Å². The van der Waals surface area contributed by atoms with E-state index in [9.17, 15) is 9.59 Å². The number of carboxylic acids is 1. The molecule has 144 valence electrons. The van der Waals surface area contributed by atoms with Crippen LogP contribution in [0.5, 0.6) is 11.5 Å². The minimum atomic E-state index is -0.968. The van der Waals surface area contributed by atoms with Crippen LogP contribution < -0.4 is 14.8 Å². The lowest BCUT2D eigenvalue weighted by Gasteiger charge is -2.09. The number of carbonyl (C=O) groups excluding carboxylic acids is 1. The van der Waals surface area contributed by atoms with Crippen molar-refractivity contribution in [2.24, 2.45) is 0 Å². The molecule has 6 nitrogen and oxygen atoms in total. The second kappa shape index (κ2) is 10.9. The molecule has 0 saturated carbocycles. The summed E-state index contributed by atoms with van der Waals surface area (Å²) in [4.78, 5) is 21.9. The Balaban J connectivity index is 1.62. The van der Waals surface area contributed by atoms with Gasteiger partial charge in [-0.25, -0.2) is 0 Å². The van der Waals surface area contributed by atoms with Crippen molar-refractivity contribution in [2.75, 3.05) is 19.8 Å². The normalized spacial score (nSPS) is 10.3. The molecule has 2 N–H and O–H groups in total. The molecule has 0 fully saturated rings. The van der Waals surface area contributed by atoms with Crippen molar-refractivity contribution in [3.8, 4) is 11.5 Å². The van der Waals surface area contributed by atoms with Crippen LogP contribution in [-0.2, 0) is 16.0 Å². The molecule has 2 aromatic rings. The summed E-state index contributed by atoms with van der Waals surface area (Å²) in [5.41, 5.74) is 2.26. The molecule has 0 unspecified atom stereocenters. The van der Waals surface area contributed by atoms with E-state index < -0.39 is 5.97 Å². The molecule has 1 amide bonds. The Labute approximate surface area is 159 Å². The number of aliphatic carboxylic acids is 1. The summed E-state index contributed by atoms with van der Waals surface area (Å²) in [6.07, 6.45) is 0.536. The molecule has 0 aromatic heterocycles. The van der Waals surface area contributed by atoms with E-state index >= 15 is 0 Å². The maximum atomic E-state index is 11.5. The van der Waals surface area contributed by atoms with Gasteiger partial charge in [-0.05, 0) is 43.2 Å². The number of aryl methyl sites for hydroxylation is 1. The van der Waals surface area contributed by atoms with Crippen LogP contribution in [0, 0.1) is 6.92 Å². The quantitative estimate of drug-likeness (QED) is 0.593. The van der Waals surface area contributed by atoms with Gasteiger partial charge in [-0.15, -0.1) is 0 Å². The number of amides is 1. The van der Waals surface area contributed by atoms with Crippen LogP contribution in [0.4, 0.5) is 0 Å². The molecule has 2 rings (SSSR count). The van der Waals surface area contributed by atoms with E-state index in [0.717, 1.165) is 17.1 Å². The molecule has 0 aliphatic carbocycles. The zero-order valence-corrected chi connectivity index (χ0v) is 15.4. The average Bonchev–Trinajstić information content (AvgIpc) is 2.66. The number of benzene rings is 2. The van der Waals surface area contributed by atoms with Gasteiger partial charge in [0, 0.05) is 13.0 Å². The minimum Gasteiger partial charge on any atom is -0.490 e. The van der Waals surface area contributed by atoms with Crippen molar-refractivity contribution in [1.29, 1.82) is 0 Å². The van der Waals surface area contributed by atoms with Crippen LogP contribution in [-0.4, -0.2) is 36.7 Å². The fourth-order valence-electron chi connectivity index (χ4n) is 2.36. The second-order valence-corrected chi connectivity index (χ2v) is 6.15. The third-order valence-electron chi connectivity index (χ3n) is 3.87. The van der Waals surface area contributed by atoms with Gasteiger partial charge in [0.1, 0.15) is 24.7 Å². The molecule has 0 radical (unpaired) electrons. The van der Waals surface area contributed by atoms with Gasteiger partial charge in [-0.3, -0.25) is 9.59 Å². The Bertz CT molecular complexity index is 725. The van der Waals surface area contributed by atoms with Crippen molar-refractivity contribution >= 4 is 11.9 Å². The molecule has 0 heterocycles. The Kier molecular flexibility index (Phi) is 8.16. The van der Waals surface area contributed by atoms with Crippen molar-refractivity contribution < 1.29 is 24.2 Å². The van der Waals surface area contributed by atoms with Crippen LogP contribution in [0.25, 0.3) is 0 Å². The van der Waals surface area contributed by atoms with Crippen LogP contribution in [0.1, 0.15) is 24.0 Å². The predicted molar refractivity (Wildman–Crippen MR) is 102 cm³/mol. The number of carboxylic acid groups (broad SMARTS) is 1. The van der Waals surface area contributed by atoms with E-state index in [0.29, 0.717) is 26.2 Å². The van der Waals surface area contributed by atoms with Gasteiger partial charge < -0.3 is 19.9 Å². The van der Waals surface area contributed by atoms with E-state index in [4.69, 9.17) is 14.6 Å². The van der Waals surface area contributed by atoms with Crippen LogP contribution >= 0.6 is 0 Å². The Morgan fingerprint density at radius 1 is 0.889 bits per heavy atom. The van der Waals surface area contributed by atoms with Crippen LogP contribution in [0.3, 0.4) is 0 Å². The average molecular weight is 371 g/mol. The molecule has 0 atom stereocenters. The van der Waals surface area contributed by atoms with Crippen molar-refractivity contribution in [3.63, 3.8) is 0 Å². The largest absolute Gasteiger partial charge is 0.490 e. The standard InChI is InChI=1S/C21H25NO5/c1-16-2-6-18(7-3-16)26-14-15-27-19-8-4-17(5-9-19)12-13-22-20(23)10-11-21(24)25/h2-9H,10-15H2,1H3,(H,22,23)(H,24,25). The van der Waals surface area contributed by atoms with Crippen molar-refractivity contribution in [2.45, 2.75) is 26.2 Å². The smallest absolute Gasteiger partial charge is 0.303 e. The highest BCUT2D eigenvalue weighted by atomic mass is 16.5. The fraction of sp³-hybridized carbons (Fsp3) is 0.333. The summed E-state index contributed by atoms with van der Waals surface area (Å²) < 4.78 is 11.3. The first-order valence-corrected chi connectivity index (χ1v) is 8.92. The summed E-state index contributed by atoms with van der Waals surface area (Å²) in [5, 5.41) is 11.2. The second-order valence-electron chi connectivity index (χ2n) is 6.15. The molecule has 0 aliphatic heterocycles. The molecule has 2 aromatic carbocycles. The number of carbonyl (C=O) groups is 2. The number of hydrogen-bond acceptors (Lipinski definition) is 4. The highest BCUT2D eigenvalue weighted by molar-refractivity contribution is 5.80. The fourth-order valence-corrected chi connectivity index (χ4v) is 2.36. The van der Waals surface area contributed by atoms with E-state index in [-0.39, 0.29) is 18.7 Å². The summed E-state index contributed by atoms with van der Waals surface area (Å²) in [6.45, 7) is 3.42. The topological polar surface area (TPSA) is 84.9 Å². The highest BCUT2D eigenvalue weighted by Crippen LogP contribution is 2.14. The predicted octanol–water partition coefficient (Wildman–Crippen LogP) is 2.98. The van der Waals surface area contributed by atoms with E-state index in [2.05, 4.69) is 5.32 Å². The molecular formula is C21H25NO5. The lowest BCUT2D eigenvalue weighted by atomic mass is 10.1. The summed E-state index contributed by atoms with van der Waals surface area (Å²) >= 11 is 0. The van der Waals surface area contributed by atoms with Crippen LogP contribution in [0.15, 0.2) is 48.5 Å². The highest BCUT2D eigenvalue weighted by Gasteiger charge is 2.04. The zero-order chi connectivity index (χ0) is 19.5. The summed E-state index contributed by atoms with van der Waals surface area (Å²) in [5.74, 6) is 0.373. The minimum absolute atomic E-state index is 0.00672. The lowest BCUT2D eigenvalue weighted by molar-refractivity contribution is -0.138. The maximum absolute atomic E-state index is 11.5.